The largest absolute Gasteiger partial charge is 0.496 e. The molecule has 0 bridgehead atoms. The van der Waals surface area contributed by atoms with Crippen LogP contribution in [0.3, 0.4) is 0 Å². The second-order valence-electron chi connectivity index (χ2n) is 5.66. The second kappa shape index (κ2) is 5.65. The van der Waals surface area contributed by atoms with Crippen molar-refractivity contribution in [2.75, 3.05) is 7.11 Å². The first-order valence-electron chi connectivity index (χ1n) is 7.01. The SMILES string of the molecule is COc1c(C)cc(Cl)c(C2(C(=O)O)CCCCC2)c1C. The van der Waals surface area contributed by atoms with Gasteiger partial charge in [-0.05, 0) is 49.4 Å². The maximum atomic E-state index is 12.0. The van der Waals surface area contributed by atoms with E-state index in [-0.39, 0.29) is 0 Å². The number of rotatable bonds is 3. The van der Waals surface area contributed by atoms with Gasteiger partial charge in [0.05, 0.1) is 12.5 Å². The lowest BCUT2D eigenvalue weighted by Gasteiger charge is -2.36. The van der Waals surface area contributed by atoms with Crippen LogP contribution >= 0.6 is 11.6 Å². The van der Waals surface area contributed by atoms with Gasteiger partial charge in [0.2, 0.25) is 0 Å². The van der Waals surface area contributed by atoms with Crippen LogP contribution in [-0.4, -0.2) is 18.2 Å². The zero-order valence-corrected chi connectivity index (χ0v) is 13.0. The molecule has 0 aliphatic heterocycles. The van der Waals surface area contributed by atoms with E-state index in [1.54, 1.807) is 7.11 Å². The van der Waals surface area contributed by atoms with Crippen LogP contribution < -0.4 is 4.74 Å². The molecule has 0 saturated heterocycles. The molecule has 1 aliphatic rings. The molecule has 0 atom stereocenters. The zero-order chi connectivity index (χ0) is 14.9. The fraction of sp³-hybridized carbons (Fsp3) is 0.562. The highest BCUT2D eigenvalue weighted by Gasteiger charge is 2.44. The van der Waals surface area contributed by atoms with Gasteiger partial charge < -0.3 is 9.84 Å². The molecule has 0 aromatic heterocycles. The van der Waals surface area contributed by atoms with Gasteiger partial charge in [-0.1, -0.05) is 30.9 Å². The van der Waals surface area contributed by atoms with Gasteiger partial charge in [-0.2, -0.15) is 0 Å². The first-order valence-corrected chi connectivity index (χ1v) is 7.39. The van der Waals surface area contributed by atoms with E-state index in [1.165, 1.54) is 0 Å². The lowest BCUT2D eigenvalue weighted by Crippen LogP contribution is -2.39. The van der Waals surface area contributed by atoms with Gasteiger partial charge in [-0.15, -0.1) is 0 Å². The smallest absolute Gasteiger partial charge is 0.314 e. The Balaban J connectivity index is 2.68. The molecule has 0 spiro atoms. The third kappa shape index (κ3) is 2.28. The Morgan fingerprint density at radius 3 is 2.40 bits per heavy atom. The maximum Gasteiger partial charge on any atom is 0.314 e. The third-order valence-corrected chi connectivity index (χ3v) is 4.75. The number of aliphatic carboxylic acids is 1. The molecule has 20 heavy (non-hydrogen) atoms. The topological polar surface area (TPSA) is 46.5 Å². The summed E-state index contributed by atoms with van der Waals surface area (Å²) in [6.45, 7) is 3.84. The standard InChI is InChI=1S/C16H21ClO3/c1-10-9-12(17)13(11(2)14(10)20-3)16(15(18)19)7-5-4-6-8-16/h9H,4-8H2,1-3H3,(H,18,19). The number of carboxylic acid groups (broad SMARTS) is 1. The van der Waals surface area contributed by atoms with Crippen molar-refractivity contribution in [1.29, 1.82) is 0 Å². The van der Waals surface area contributed by atoms with Crippen LogP contribution in [0.15, 0.2) is 6.07 Å². The highest BCUT2D eigenvalue weighted by atomic mass is 35.5. The number of methoxy groups -OCH3 is 1. The number of halogens is 1. The van der Waals surface area contributed by atoms with Crippen LogP contribution in [0.1, 0.15) is 48.8 Å². The van der Waals surface area contributed by atoms with Gasteiger partial charge in [0.25, 0.3) is 0 Å². The Kier molecular flexibility index (Phi) is 4.28. The highest BCUT2D eigenvalue weighted by molar-refractivity contribution is 6.32. The lowest BCUT2D eigenvalue weighted by molar-refractivity contribution is -0.145. The Morgan fingerprint density at radius 2 is 1.90 bits per heavy atom. The molecule has 0 unspecified atom stereocenters. The van der Waals surface area contributed by atoms with Crippen molar-refractivity contribution in [2.45, 2.75) is 51.4 Å². The first kappa shape index (κ1) is 15.2. The number of benzene rings is 1. The maximum absolute atomic E-state index is 12.0. The summed E-state index contributed by atoms with van der Waals surface area (Å²) >= 11 is 6.41. The Hall–Kier alpha value is -1.22. The molecule has 110 valence electrons. The van der Waals surface area contributed by atoms with E-state index in [1.807, 2.05) is 19.9 Å². The average Bonchev–Trinajstić information content (AvgIpc) is 2.39. The van der Waals surface area contributed by atoms with E-state index in [4.69, 9.17) is 16.3 Å². The predicted molar refractivity (Wildman–Crippen MR) is 79.9 cm³/mol. The summed E-state index contributed by atoms with van der Waals surface area (Å²) in [5.74, 6) is -0.0243. The number of hydrogen-bond acceptors (Lipinski definition) is 2. The number of carbonyl (C=O) groups is 1. The van der Waals surface area contributed by atoms with E-state index in [0.717, 1.165) is 41.7 Å². The monoisotopic (exact) mass is 296 g/mol. The van der Waals surface area contributed by atoms with E-state index in [0.29, 0.717) is 17.9 Å². The van der Waals surface area contributed by atoms with Crippen LogP contribution in [0.2, 0.25) is 5.02 Å². The van der Waals surface area contributed by atoms with E-state index >= 15 is 0 Å². The molecule has 1 saturated carbocycles. The zero-order valence-electron chi connectivity index (χ0n) is 12.3. The van der Waals surface area contributed by atoms with Crippen molar-refractivity contribution in [3.05, 3.63) is 27.8 Å². The summed E-state index contributed by atoms with van der Waals surface area (Å²) < 4.78 is 5.44. The number of ether oxygens (including phenoxy) is 1. The van der Waals surface area contributed by atoms with E-state index in [2.05, 4.69) is 0 Å². The summed E-state index contributed by atoms with van der Waals surface area (Å²) in [5.41, 5.74) is 1.69. The molecule has 0 amide bonds. The first-order chi connectivity index (χ1) is 9.44. The molecule has 0 radical (unpaired) electrons. The Morgan fingerprint density at radius 1 is 1.30 bits per heavy atom. The molecular weight excluding hydrogens is 276 g/mol. The van der Waals surface area contributed by atoms with Gasteiger partial charge in [-0.3, -0.25) is 4.79 Å². The quantitative estimate of drug-likeness (QED) is 0.907. The highest BCUT2D eigenvalue weighted by Crippen LogP contribution is 2.46. The molecule has 0 heterocycles. The molecule has 3 nitrogen and oxygen atoms in total. The molecule has 1 N–H and O–H groups in total. The van der Waals surface area contributed by atoms with Gasteiger partial charge >= 0.3 is 5.97 Å². The fourth-order valence-corrected chi connectivity index (χ4v) is 4.03. The molecule has 1 aromatic carbocycles. The lowest BCUT2D eigenvalue weighted by atomic mass is 9.68. The van der Waals surface area contributed by atoms with Gasteiger partial charge in [0.15, 0.2) is 0 Å². The number of carboxylic acids is 1. The van der Waals surface area contributed by atoms with Crippen LogP contribution in [-0.2, 0) is 10.2 Å². The van der Waals surface area contributed by atoms with Gasteiger partial charge in [0, 0.05) is 5.02 Å². The van der Waals surface area contributed by atoms with E-state index < -0.39 is 11.4 Å². The summed E-state index contributed by atoms with van der Waals surface area (Å²) in [4.78, 5) is 12.0. The minimum atomic E-state index is -0.861. The third-order valence-electron chi connectivity index (χ3n) is 4.45. The molecular formula is C16H21ClO3. The summed E-state index contributed by atoms with van der Waals surface area (Å²) in [6.07, 6.45) is 4.25. The van der Waals surface area contributed by atoms with E-state index in [9.17, 15) is 9.90 Å². The average molecular weight is 297 g/mol. The second-order valence-corrected chi connectivity index (χ2v) is 6.06. The van der Waals surface area contributed by atoms with Crippen molar-refractivity contribution in [1.82, 2.24) is 0 Å². The fourth-order valence-electron chi connectivity index (χ4n) is 3.54. The van der Waals surface area contributed by atoms with Crippen LogP contribution in [0.4, 0.5) is 0 Å². The number of aryl methyl sites for hydroxylation is 1. The van der Waals surface area contributed by atoms with Crippen molar-refractivity contribution >= 4 is 17.6 Å². The van der Waals surface area contributed by atoms with Gasteiger partial charge in [0.1, 0.15) is 5.75 Å². The molecule has 2 rings (SSSR count). The summed E-state index contributed by atoms with van der Waals surface area (Å²) in [5, 5.41) is 10.4. The Bertz CT molecular complexity index is 531. The van der Waals surface area contributed by atoms with Crippen molar-refractivity contribution in [2.24, 2.45) is 0 Å². The van der Waals surface area contributed by atoms with Crippen molar-refractivity contribution < 1.29 is 14.6 Å². The van der Waals surface area contributed by atoms with Crippen LogP contribution in [0, 0.1) is 13.8 Å². The normalized spacial score (nSPS) is 17.8. The summed E-state index contributed by atoms with van der Waals surface area (Å²) in [6, 6.07) is 1.82. The van der Waals surface area contributed by atoms with Gasteiger partial charge in [-0.25, -0.2) is 0 Å². The molecule has 4 heteroatoms. The molecule has 1 aromatic rings. The predicted octanol–water partition coefficient (Wildman–Crippen LogP) is 4.25. The minimum Gasteiger partial charge on any atom is -0.496 e. The minimum absolute atomic E-state index is 0.546. The number of hydrogen-bond donors (Lipinski definition) is 1. The van der Waals surface area contributed by atoms with Crippen molar-refractivity contribution in [3.63, 3.8) is 0 Å². The molecule has 1 aliphatic carbocycles. The molecule has 1 fully saturated rings. The summed E-state index contributed by atoms with van der Waals surface area (Å²) in [7, 11) is 1.61. The van der Waals surface area contributed by atoms with Crippen LogP contribution in [0.25, 0.3) is 0 Å². The van der Waals surface area contributed by atoms with Crippen molar-refractivity contribution in [3.8, 4) is 5.75 Å². The Labute approximate surface area is 124 Å². The van der Waals surface area contributed by atoms with Crippen LogP contribution in [0.5, 0.6) is 5.75 Å².